The van der Waals surface area contributed by atoms with Gasteiger partial charge in [-0.3, -0.25) is 4.79 Å². The number of carbonyl (C=O) groups excluding carboxylic acids is 1. The van der Waals surface area contributed by atoms with Gasteiger partial charge in [0, 0.05) is 18.8 Å². The molecule has 0 spiro atoms. The molecule has 1 aromatic carbocycles. The van der Waals surface area contributed by atoms with Gasteiger partial charge < -0.3 is 21.1 Å². The van der Waals surface area contributed by atoms with E-state index in [1.165, 1.54) is 18.2 Å². The molecule has 0 aromatic heterocycles. The summed E-state index contributed by atoms with van der Waals surface area (Å²) in [5.74, 6) is -0.231. The molecule has 2 atom stereocenters. The van der Waals surface area contributed by atoms with Crippen molar-refractivity contribution >= 4 is 27.3 Å². The summed E-state index contributed by atoms with van der Waals surface area (Å²) in [5.41, 5.74) is 6.75. The van der Waals surface area contributed by atoms with Crippen LogP contribution >= 0.6 is 0 Å². The van der Waals surface area contributed by atoms with Gasteiger partial charge in [-0.1, -0.05) is 19.3 Å². The quantitative estimate of drug-likeness (QED) is 0.468. The van der Waals surface area contributed by atoms with E-state index in [4.69, 9.17) is 5.73 Å². The summed E-state index contributed by atoms with van der Waals surface area (Å²) in [4.78, 5) is 14.1. The van der Waals surface area contributed by atoms with Crippen LogP contribution in [0.15, 0.2) is 23.1 Å². The molecule has 1 heterocycles. The van der Waals surface area contributed by atoms with Crippen molar-refractivity contribution in [2.45, 2.75) is 62.0 Å². The number of nitrogens with zero attached hydrogens (tertiary/aromatic N) is 1. The molecule has 174 valence electrons. The lowest BCUT2D eigenvalue weighted by Gasteiger charge is -2.27. The zero-order valence-electron chi connectivity index (χ0n) is 17.3. The van der Waals surface area contributed by atoms with Crippen molar-refractivity contribution in [1.29, 1.82) is 0 Å². The minimum Gasteiger partial charge on any atom is -0.391 e. The SMILES string of the molecule is N[C@H](C(=O)Nc1ccc(S(=O)(=O)NCC(F)F)c(N2CC[C@@H](O)C2)c1)C1CCCCC1. The summed E-state index contributed by atoms with van der Waals surface area (Å²) in [6.07, 6.45) is 2.04. The van der Waals surface area contributed by atoms with Gasteiger partial charge in [-0.05, 0) is 43.4 Å². The summed E-state index contributed by atoms with van der Waals surface area (Å²) in [7, 11) is -4.21. The maximum absolute atomic E-state index is 12.7. The molecule has 1 saturated carbocycles. The monoisotopic (exact) mass is 460 g/mol. The summed E-state index contributed by atoms with van der Waals surface area (Å²) < 4.78 is 52.2. The summed E-state index contributed by atoms with van der Waals surface area (Å²) in [5, 5.41) is 12.6. The molecule has 1 amide bonds. The fraction of sp³-hybridized carbons (Fsp3) is 0.650. The first-order valence-corrected chi connectivity index (χ1v) is 12.1. The number of hydrogen-bond donors (Lipinski definition) is 4. The van der Waals surface area contributed by atoms with Crippen LogP contribution in [0.5, 0.6) is 0 Å². The second-order valence-electron chi connectivity index (χ2n) is 8.23. The fourth-order valence-electron chi connectivity index (χ4n) is 4.21. The zero-order valence-corrected chi connectivity index (χ0v) is 18.1. The van der Waals surface area contributed by atoms with E-state index in [1.807, 2.05) is 4.72 Å². The van der Waals surface area contributed by atoms with Crippen LogP contribution in [0.1, 0.15) is 38.5 Å². The smallest absolute Gasteiger partial charge is 0.251 e. The Bertz CT molecular complexity index is 878. The van der Waals surface area contributed by atoms with Gasteiger partial charge in [0.2, 0.25) is 15.9 Å². The summed E-state index contributed by atoms with van der Waals surface area (Å²) in [6.45, 7) is -0.396. The predicted octanol–water partition coefficient (Wildman–Crippen LogP) is 1.65. The van der Waals surface area contributed by atoms with Crippen molar-refractivity contribution < 1.29 is 27.1 Å². The molecular formula is C20H30F2N4O4S. The van der Waals surface area contributed by atoms with Gasteiger partial charge in [0.05, 0.1) is 24.4 Å². The third-order valence-corrected chi connectivity index (χ3v) is 7.38. The predicted molar refractivity (Wildman–Crippen MR) is 114 cm³/mol. The Balaban J connectivity index is 1.83. The van der Waals surface area contributed by atoms with Crippen LogP contribution in [0.2, 0.25) is 0 Å². The van der Waals surface area contributed by atoms with E-state index in [-0.39, 0.29) is 29.0 Å². The zero-order chi connectivity index (χ0) is 22.6. The number of rotatable bonds is 8. The maximum Gasteiger partial charge on any atom is 0.251 e. The molecule has 8 nitrogen and oxygen atoms in total. The van der Waals surface area contributed by atoms with Crippen molar-refractivity contribution in [3.63, 3.8) is 0 Å². The van der Waals surface area contributed by atoms with Gasteiger partial charge in [-0.15, -0.1) is 0 Å². The number of aliphatic hydroxyl groups excluding tert-OH is 1. The average molecular weight is 461 g/mol. The third kappa shape index (κ3) is 6.12. The molecule has 0 bridgehead atoms. The van der Waals surface area contributed by atoms with Crippen molar-refractivity contribution in [2.75, 3.05) is 29.9 Å². The van der Waals surface area contributed by atoms with E-state index in [0.29, 0.717) is 18.7 Å². The third-order valence-electron chi connectivity index (χ3n) is 5.91. The van der Waals surface area contributed by atoms with Crippen molar-refractivity contribution in [3.8, 4) is 0 Å². The molecule has 0 radical (unpaired) electrons. The lowest BCUT2D eigenvalue weighted by Crippen LogP contribution is -2.42. The number of aliphatic hydroxyl groups is 1. The maximum atomic E-state index is 12.7. The van der Waals surface area contributed by atoms with Gasteiger partial charge in [-0.25, -0.2) is 21.9 Å². The van der Waals surface area contributed by atoms with Crippen LogP contribution in [0.4, 0.5) is 20.2 Å². The molecule has 1 aliphatic carbocycles. The van der Waals surface area contributed by atoms with Gasteiger partial charge >= 0.3 is 0 Å². The van der Waals surface area contributed by atoms with Crippen molar-refractivity contribution in [3.05, 3.63) is 18.2 Å². The number of nitrogens with two attached hydrogens (primary N) is 1. The molecule has 2 fully saturated rings. The van der Waals surface area contributed by atoms with E-state index in [1.54, 1.807) is 4.90 Å². The Labute approximate surface area is 181 Å². The number of benzene rings is 1. The molecule has 3 rings (SSSR count). The first-order valence-electron chi connectivity index (χ1n) is 10.6. The Morgan fingerprint density at radius 3 is 2.55 bits per heavy atom. The Kier molecular flexibility index (Phi) is 7.84. The van der Waals surface area contributed by atoms with Crippen LogP contribution < -0.4 is 20.7 Å². The van der Waals surface area contributed by atoms with E-state index < -0.39 is 35.1 Å². The van der Waals surface area contributed by atoms with E-state index in [2.05, 4.69) is 5.32 Å². The Hall–Kier alpha value is -1.82. The second kappa shape index (κ2) is 10.2. The molecule has 2 aliphatic rings. The number of β-amino-alcohol motifs (C(OH)–C–C–N with tert-alkyl or cyclic N) is 1. The summed E-state index contributed by atoms with van der Waals surface area (Å²) >= 11 is 0. The molecule has 11 heteroatoms. The molecule has 0 unspecified atom stereocenters. The number of alkyl halides is 2. The largest absolute Gasteiger partial charge is 0.391 e. The normalized spacial score (nSPS) is 21.5. The van der Waals surface area contributed by atoms with Gasteiger partial charge in [0.15, 0.2) is 0 Å². The minimum atomic E-state index is -4.21. The van der Waals surface area contributed by atoms with Crippen LogP contribution in [-0.2, 0) is 14.8 Å². The van der Waals surface area contributed by atoms with Crippen molar-refractivity contribution in [2.24, 2.45) is 11.7 Å². The van der Waals surface area contributed by atoms with E-state index >= 15 is 0 Å². The van der Waals surface area contributed by atoms with Crippen LogP contribution in [-0.4, -0.2) is 57.6 Å². The van der Waals surface area contributed by atoms with Crippen LogP contribution in [0.3, 0.4) is 0 Å². The highest BCUT2D eigenvalue weighted by molar-refractivity contribution is 7.89. The fourth-order valence-corrected chi connectivity index (χ4v) is 5.42. The minimum absolute atomic E-state index is 0.111. The number of halogens is 2. The molecule has 1 saturated heterocycles. The topological polar surface area (TPSA) is 125 Å². The highest BCUT2D eigenvalue weighted by atomic mass is 32.2. The molecule has 1 aliphatic heterocycles. The Morgan fingerprint density at radius 1 is 1.23 bits per heavy atom. The lowest BCUT2D eigenvalue weighted by molar-refractivity contribution is -0.118. The average Bonchev–Trinajstić information content (AvgIpc) is 3.18. The number of carbonyl (C=O) groups is 1. The molecule has 31 heavy (non-hydrogen) atoms. The first-order chi connectivity index (χ1) is 14.7. The standard InChI is InChI=1S/C20H30F2N4O4S/c21-18(22)11-24-31(29,30)17-7-6-14(10-16(17)26-9-8-15(27)12-26)25-20(28)19(23)13-4-2-1-3-5-13/h6-7,10,13,15,18-19,24,27H,1-5,8-9,11-12,23H2,(H,25,28)/t15-,19+/m1/s1. The lowest BCUT2D eigenvalue weighted by atomic mass is 9.84. The van der Waals surface area contributed by atoms with Gasteiger partial charge in [-0.2, -0.15) is 0 Å². The van der Waals surface area contributed by atoms with Crippen LogP contribution in [0, 0.1) is 5.92 Å². The second-order valence-corrected chi connectivity index (χ2v) is 9.96. The number of hydrogen-bond acceptors (Lipinski definition) is 6. The molecule has 1 aromatic rings. The van der Waals surface area contributed by atoms with Crippen LogP contribution in [0.25, 0.3) is 0 Å². The summed E-state index contributed by atoms with van der Waals surface area (Å²) in [6, 6.07) is 3.52. The first kappa shape index (κ1) is 23.8. The number of sulfonamides is 1. The van der Waals surface area contributed by atoms with Gasteiger partial charge in [0.25, 0.3) is 6.43 Å². The number of amides is 1. The molecule has 5 N–H and O–H groups in total. The number of anilines is 2. The highest BCUT2D eigenvalue weighted by Crippen LogP contribution is 2.32. The van der Waals surface area contributed by atoms with Crippen molar-refractivity contribution in [1.82, 2.24) is 4.72 Å². The number of nitrogens with one attached hydrogen (secondary N) is 2. The molecular weight excluding hydrogens is 430 g/mol. The van der Waals surface area contributed by atoms with Gasteiger partial charge in [0.1, 0.15) is 4.90 Å². The highest BCUT2D eigenvalue weighted by Gasteiger charge is 2.29. The Morgan fingerprint density at radius 2 is 1.94 bits per heavy atom. The van der Waals surface area contributed by atoms with E-state index in [9.17, 15) is 27.1 Å². The van der Waals surface area contributed by atoms with E-state index in [0.717, 1.165) is 32.1 Å².